The number of piperidine rings is 1. The standard InChI is InChI=1S/C24H28FN3O5S/c1-4-20-24(30)27-19-10-15(3)22(12-21(19)33-20)34(31,32)28-9-5-6-16(13-28)23(29)26-17-8-7-14(2)18(25)11-17/h7-8,10-12,16,20H,4-6,9,13H2,1-3H3,(H,26,29)(H,27,30)/t16-,20-/m0/s1. The second-order valence-electron chi connectivity index (χ2n) is 8.77. The Balaban J connectivity index is 1.54. The molecule has 8 nitrogen and oxygen atoms in total. The summed E-state index contributed by atoms with van der Waals surface area (Å²) in [5.41, 5.74) is 1.72. The fourth-order valence-electron chi connectivity index (χ4n) is 4.26. The van der Waals surface area contributed by atoms with E-state index in [1.54, 1.807) is 32.0 Å². The summed E-state index contributed by atoms with van der Waals surface area (Å²) in [4.78, 5) is 25.0. The molecular weight excluding hydrogens is 461 g/mol. The van der Waals surface area contributed by atoms with Gasteiger partial charge < -0.3 is 15.4 Å². The predicted octanol–water partition coefficient (Wildman–Crippen LogP) is 3.59. The fourth-order valence-corrected chi connectivity index (χ4v) is 6.01. The molecule has 0 radical (unpaired) electrons. The Kier molecular flexibility index (Phi) is 6.64. The first-order valence-corrected chi connectivity index (χ1v) is 12.7. The summed E-state index contributed by atoms with van der Waals surface area (Å²) in [5, 5.41) is 5.46. The highest BCUT2D eigenvalue weighted by Gasteiger charge is 2.36. The molecule has 1 fully saturated rings. The summed E-state index contributed by atoms with van der Waals surface area (Å²) in [7, 11) is -3.91. The van der Waals surface area contributed by atoms with Crippen molar-refractivity contribution in [2.45, 2.75) is 51.0 Å². The molecule has 0 saturated carbocycles. The van der Waals surface area contributed by atoms with Crippen LogP contribution in [-0.4, -0.2) is 43.7 Å². The molecule has 34 heavy (non-hydrogen) atoms. The number of sulfonamides is 1. The molecule has 2 heterocycles. The molecule has 2 N–H and O–H groups in total. The van der Waals surface area contributed by atoms with Crippen LogP contribution in [0.4, 0.5) is 15.8 Å². The average Bonchev–Trinajstić information content (AvgIpc) is 2.80. The predicted molar refractivity (Wildman–Crippen MR) is 126 cm³/mol. The largest absolute Gasteiger partial charge is 0.478 e. The van der Waals surface area contributed by atoms with Gasteiger partial charge >= 0.3 is 0 Å². The smallest absolute Gasteiger partial charge is 0.265 e. The molecule has 0 spiro atoms. The van der Waals surface area contributed by atoms with Crippen LogP contribution in [0.5, 0.6) is 5.75 Å². The van der Waals surface area contributed by atoms with Gasteiger partial charge in [-0.05, 0) is 62.4 Å². The van der Waals surface area contributed by atoms with Crippen molar-refractivity contribution in [3.63, 3.8) is 0 Å². The van der Waals surface area contributed by atoms with Gasteiger partial charge in [-0.2, -0.15) is 4.31 Å². The number of carbonyl (C=O) groups excluding carboxylic acids is 2. The lowest BCUT2D eigenvalue weighted by Gasteiger charge is -2.32. The number of amides is 2. The molecule has 1 saturated heterocycles. The zero-order chi connectivity index (χ0) is 24.6. The lowest BCUT2D eigenvalue weighted by molar-refractivity contribution is -0.123. The number of benzene rings is 2. The summed E-state index contributed by atoms with van der Waals surface area (Å²) in [5.74, 6) is -1.28. The van der Waals surface area contributed by atoms with E-state index in [4.69, 9.17) is 4.74 Å². The molecule has 0 bridgehead atoms. The quantitative estimate of drug-likeness (QED) is 0.668. The van der Waals surface area contributed by atoms with Crippen molar-refractivity contribution in [1.29, 1.82) is 0 Å². The van der Waals surface area contributed by atoms with Gasteiger partial charge in [0.15, 0.2) is 6.10 Å². The first kappa shape index (κ1) is 24.2. The van der Waals surface area contributed by atoms with Crippen LogP contribution in [0.3, 0.4) is 0 Å². The second-order valence-corrected chi connectivity index (χ2v) is 10.7. The Bertz CT molecular complexity index is 1250. The molecule has 4 rings (SSSR count). The molecule has 10 heteroatoms. The van der Waals surface area contributed by atoms with Gasteiger partial charge in [0.2, 0.25) is 15.9 Å². The van der Waals surface area contributed by atoms with E-state index >= 15 is 0 Å². The molecular formula is C24H28FN3O5S. The summed E-state index contributed by atoms with van der Waals surface area (Å²) < 4.78 is 47.9. The van der Waals surface area contributed by atoms with E-state index in [-0.39, 0.29) is 29.8 Å². The number of aryl methyl sites for hydroxylation is 2. The highest BCUT2D eigenvalue weighted by atomic mass is 32.2. The maximum Gasteiger partial charge on any atom is 0.265 e. The third-order valence-electron chi connectivity index (χ3n) is 6.28. The Morgan fingerprint density at radius 3 is 2.71 bits per heavy atom. The van der Waals surface area contributed by atoms with E-state index in [2.05, 4.69) is 10.6 Å². The van der Waals surface area contributed by atoms with Crippen LogP contribution in [0.15, 0.2) is 35.2 Å². The molecule has 2 aliphatic heterocycles. The molecule has 2 amide bonds. The molecule has 2 aromatic rings. The van der Waals surface area contributed by atoms with Crippen LogP contribution in [0, 0.1) is 25.6 Å². The first-order chi connectivity index (χ1) is 16.1. The normalized spacial score (nSPS) is 20.8. The lowest BCUT2D eigenvalue weighted by Crippen LogP contribution is -2.44. The monoisotopic (exact) mass is 489 g/mol. The lowest BCUT2D eigenvalue weighted by atomic mass is 9.98. The number of nitrogens with one attached hydrogen (secondary N) is 2. The molecule has 182 valence electrons. The number of carbonyl (C=O) groups is 2. The minimum Gasteiger partial charge on any atom is -0.478 e. The van der Waals surface area contributed by atoms with Crippen LogP contribution in [0.25, 0.3) is 0 Å². The Labute approximate surface area is 198 Å². The van der Waals surface area contributed by atoms with Gasteiger partial charge in [-0.1, -0.05) is 13.0 Å². The fraction of sp³-hybridized carbons (Fsp3) is 0.417. The van der Waals surface area contributed by atoms with Crippen molar-refractivity contribution in [2.75, 3.05) is 23.7 Å². The van der Waals surface area contributed by atoms with Gasteiger partial charge in [-0.15, -0.1) is 0 Å². The van der Waals surface area contributed by atoms with Gasteiger partial charge in [-0.3, -0.25) is 9.59 Å². The van der Waals surface area contributed by atoms with Crippen LogP contribution < -0.4 is 15.4 Å². The van der Waals surface area contributed by atoms with Gasteiger partial charge in [-0.25, -0.2) is 12.8 Å². The number of hydrogen-bond acceptors (Lipinski definition) is 5. The average molecular weight is 490 g/mol. The first-order valence-electron chi connectivity index (χ1n) is 11.3. The number of ether oxygens (including phenoxy) is 1. The molecule has 0 unspecified atom stereocenters. The van der Waals surface area contributed by atoms with Gasteiger partial charge in [0.1, 0.15) is 11.6 Å². The molecule has 0 aromatic heterocycles. The maximum atomic E-state index is 13.8. The highest BCUT2D eigenvalue weighted by Crippen LogP contribution is 2.36. The van der Waals surface area contributed by atoms with E-state index in [1.807, 2.05) is 6.92 Å². The third-order valence-corrected chi connectivity index (χ3v) is 8.29. The molecule has 2 atom stereocenters. The highest BCUT2D eigenvalue weighted by molar-refractivity contribution is 7.89. The van der Waals surface area contributed by atoms with E-state index in [1.165, 1.54) is 16.4 Å². The van der Waals surface area contributed by atoms with E-state index < -0.39 is 27.9 Å². The van der Waals surface area contributed by atoms with Gasteiger partial charge in [0.25, 0.3) is 5.91 Å². The molecule has 2 aromatic carbocycles. The van der Waals surface area contributed by atoms with Crippen molar-refractivity contribution >= 4 is 33.2 Å². The van der Waals surface area contributed by atoms with Gasteiger partial charge in [0, 0.05) is 24.8 Å². The van der Waals surface area contributed by atoms with E-state index in [0.717, 1.165) is 0 Å². The van der Waals surface area contributed by atoms with Crippen molar-refractivity contribution in [3.05, 3.63) is 47.3 Å². The van der Waals surface area contributed by atoms with Crippen LogP contribution in [-0.2, 0) is 19.6 Å². The number of fused-ring (bicyclic) bond motifs is 1. The van der Waals surface area contributed by atoms with Crippen molar-refractivity contribution in [1.82, 2.24) is 4.31 Å². The van der Waals surface area contributed by atoms with E-state index in [9.17, 15) is 22.4 Å². The topological polar surface area (TPSA) is 105 Å². The van der Waals surface area contributed by atoms with Crippen molar-refractivity contribution in [2.24, 2.45) is 5.92 Å². The van der Waals surface area contributed by atoms with Crippen molar-refractivity contribution in [3.8, 4) is 5.75 Å². The molecule has 2 aliphatic rings. The zero-order valence-electron chi connectivity index (χ0n) is 19.4. The zero-order valence-corrected chi connectivity index (χ0v) is 20.2. The Morgan fingerprint density at radius 2 is 2.00 bits per heavy atom. The van der Waals surface area contributed by atoms with Gasteiger partial charge in [0.05, 0.1) is 16.5 Å². The summed E-state index contributed by atoms with van der Waals surface area (Å²) in [6, 6.07) is 7.48. The Hall–Kier alpha value is -2.98. The molecule has 0 aliphatic carbocycles. The minimum atomic E-state index is -3.91. The number of rotatable bonds is 5. The number of halogens is 1. The van der Waals surface area contributed by atoms with Crippen LogP contribution in [0.2, 0.25) is 0 Å². The summed E-state index contributed by atoms with van der Waals surface area (Å²) in [6.07, 6.45) is 0.826. The maximum absolute atomic E-state index is 13.8. The van der Waals surface area contributed by atoms with Crippen molar-refractivity contribution < 1.29 is 27.1 Å². The van der Waals surface area contributed by atoms with E-state index in [0.29, 0.717) is 47.5 Å². The second kappa shape index (κ2) is 9.34. The van der Waals surface area contributed by atoms with Crippen LogP contribution in [0.1, 0.15) is 37.3 Å². The van der Waals surface area contributed by atoms with Crippen LogP contribution >= 0.6 is 0 Å². The third kappa shape index (κ3) is 4.65. The number of nitrogens with zero attached hydrogens (tertiary/aromatic N) is 1. The number of hydrogen-bond donors (Lipinski definition) is 2. The Morgan fingerprint density at radius 1 is 1.24 bits per heavy atom. The SMILES string of the molecule is CC[C@@H]1Oc2cc(S(=O)(=O)N3CCC[C@H](C(=O)Nc4ccc(C)c(F)c4)C3)c(C)cc2NC1=O. The summed E-state index contributed by atoms with van der Waals surface area (Å²) in [6.45, 7) is 5.41. The minimum absolute atomic E-state index is 0.0220. The summed E-state index contributed by atoms with van der Waals surface area (Å²) >= 11 is 0. The number of anilines is 2.